The zero-order chi connectivity index (χ0) is 18.9. The Kier molecular flexibility index (Phi) is 5.34. The number of carbonyl (C=O) groups excluding carboxylic acids is 1. The second kappa shape index (κ2) is 7.73. The number of sulfonamides is 1. The van der Waals surface area contributed by atoms with E-state index in [0.29, 0.717) is 10.8 Å². The van der Waals surface area contributed by atoms with E-state index in [0.717, 1.165) is 19.3 Å². The van der Waals surface area contributed by atoms with Gasteiger partial charge in [0.05, 0.1) is 9.77 Å². The monoisotopic (exact) mass is 404 g/mol. The molecule has 7 heteroatoms. The van der Waals surface area contributed by atoms with Crippen molar-refractivity contribution in [3.63, 3.8) is 0 Å². The van der Waals surface area contributed by atoms with E-state index in [4.69, 9.17) is 0 Å². The van der Waals surface area contributed by atoms with E-state index in [1.54, 1.807) is 12.1 Å². The highest BCUT2D eigenvalue weighted by molar-refractivity contribution is 7.89. The number of hydrogen-bond donors (Lipinski definition) is 2. The van der Waals surface area contributed by atoms with Crippen molar-refractivity contribution in [3.05, 3.63) is 51.2 Å². The van der Waals surface area contributed by atoms with Gasteiger partial charge in [-0.3, -0.25) is 10.2 Å². The van der Waals surface area contributed by atoms with Gasteiger partial charge in [0.25, 0.3) is 15.9 Å². The lowest BCUT2D eigenvalue weighted by atomic mass is 9.84. The summed E-state index contributed by atoms with van der Waals surface area (Å²) in [6, 6.07) is 8.91. The molecule has 1 saturated carbocycles. The Bertz CT molecular complexity index is 905. The van der Waals surface area contributed by atoms with Crippen molar-refractivity contribution in [2.45, 2.75) is 62.2 Å². The molecule has 0 atom stereocenters. The summed E-state index contributed by atoms with van der Waals surface area (Å²) in [4.78, 5) is 16.4. The molecule has 0 bridgehead atoms. The molecule has 1 amide bonds. The fraction of sp³-hybridized carbons (Fsp3) is 0.450. The summed E-state index contributed by atoms with van der Waals surface area (Å²) in [6.07, 6.45) is 9.25. The van der Waals surface area contributed by atoms with Gasteiger partial charge in [0.2, 0.25) is 0 Å². The lowest BCUT2D eigenvalue weighted by Gasteiger charge is -2.22. The molecule has 0 unspecified atom stereocenters. The predicted octanol–water partition coefficient (Wildman–Crippen LogP) is 3.91. The second-order valence-electron chi connectivity index (χ2n) is 7.38. The molecule has 27 heavy (non-hydrogen) atoms. The normalized spacial score (nSPS) is 17.6. The number of hydrogen-bond acceptors (Lipinski definition) is 4. The van der Waals surface area contributed by atoms with Crippen LogP contribution in [0, 0.1) is 0 Å². The van der Waals surface area contributed by atoms with Crippen LogP contribution >= 0.6 is 11.3 Å². The van der Waals surface area contributed by atoms with Gasteiger partial charge in [-0.25, -0.2) is 8.42 Å². The van der Waals surface area contributed by atoms with Gasteiger partial charge in [0, 0.05) is 4.88 Å². The minimum absolute atomic E-state index is 0.163. The summed E-state index contributed by atoms with van der Waals surface area (Å²) in [6.45, 7) is 0. The Hall–Kier alpha value is -1.70. The zero-order valence-electron chi connectivity index (χ0n) is 15.2. The van der Waals surface area contributed by atoms with E-state index in [9.17, 15) is 13.2 Å². The van der Waals surface area contributed by atoms with Gasteiger partial charge in [-0.05, 0) is 67.3 Å². The molecule has 144 valence electrons. The first-order valence-electron chi connectivity index (χ1n) is 9.56. The molecule has 5 nitrogen and oxygen atoms in total. The van der Waals surface area contributed by atoms with E-state index < -0.39 is 15.9 Å². The standard InChI is InChI=1S/C20H24N2O3S2/c23-20(19-13-16-7-4-8-18(16)26-19)21-22-27(24,25)17-11-9-15(10-12-17)14-5-2-1-3-6-14/h9-14,22H,1-8H2,(H,21,23). The van der Waals surface area contributed by atoms with Crippen LogP contribution in [0.4, 0.5) is 0 Å². The maximum atomic E-state index is 12.5. The maximum absolute atomic E-state index is 12.5. The maximum Gasteiger partial charge on any atom is 0.276 e. The first-order valence-corrected chi connectivity index (χ1v) is 11.9. The van der Waals surface area contributed by atoms with Crippen molar-refractivity contribution >= 4 is 27.3 Å². The average molecular weight is 405 g/mol. The number of thiophene rings is 1. The number of fused-ring (bicyclic) bond motifs is 1. The second-order valence-corrected chi connectivity index (χ2v) is 10.2. The number of hydrazine groups is 1. The van der Waals surface area contributed by atoms with Crippen molar-refractivity contribution in [3.8, 4) is 0 Å². The van der Waals surface area contributed by atoms with Gasteiger partial charge < -0.3 is 0 Å². The van der Waals surface area contributed by atoms with Crippen molar-refractivity contribution in [2.24, 2.45) is 0 Å². The summed E-state index contributed by atoms with van der Waals surface area (Å²) < 4.78 is 24.9. The fourth-order valence-electron chi connectivity index (χ4n) is 4.03. The number of carbonyl (C=O) groups is 1. The molecule has 0 spiro atoms. The Morgan fingerprint density at radius 3 is 2.44 bits per heavy atom. The molecule has 2 aliphatic rings. The first kappa shape index (κ1) is 18.7. The predicted molar refractivity (Wildman–Crippen MR) is 106 cm³/mol. The Labute approximate surface area is 164 Å². The van der Waals surface area contributed by atoms with Crippen LogP contribution in [0.25, 0.3) is 0 Å². The SMILES string of the molecule is O=C(NNS(=O)(=O)c1ccc(C2CCCCC2)cc1)c1cc2c(s1)CCC2. The molecule has 1 aromatic carbocycles. The van der Waals surface area contributed by atoms with Crippen molar-refractivity contribution in [1.29, 1.82) is 0 Å². The molecule has 1 aromatic heterocycles. The zero-order valence-corrected chi connectivity index (χ0v) is 16.8. The van der Waals surface area contributed by atoms with Crippen LogP contribution < -0.4 is 10.3 Å². The molecule has 2 aliphatic carbocycles. The molecule has 1 heterocycles. The molecular formula is C20H24N2O3S2. The van der Waals surface area contributed by atoms with E-state index in [1.165, 1.54) is 59.4 Å². The minimum atomic E-state index is -3.78. The van der Waals surface area contributed by atoms with Crippen LogP contribution in [-0.2, 0) is 22.9 Å². The van der Waals surface area contributed by atoms with Crippen molar-refractivity contribution < 1.29 is 13.2 Å². The van der Waals surface area contributed by atoms with E-state index in [-0.39, 0.29) is 4.90 Å². The Balaban J connectivity index is 1.39. The van der Waals surface area contributed by atoms with Gasteiger partial charge in [-0.1, -0.05) is 31.4 Å². The van der Waals surface area contributed by atoms with Crippen LogP contribution in [0.5, 0.6) is 0 Å². The van der Waals surface area contributed by atoms with Gasteiger partial charge in [0.15, 0.2) is 0 Å². The number of rotatable bonds is 5. The Morgan fingerprint density at radius 1 is 1.00 bits per heavy atom. The molecule has 0 aliphatic heterocycles. The largest absolute Gasteiger partial charge is 0.276 e. The van der Waals surface area contributed by atoms with Gasteiger partial charge in [-0.15, -0.1) is 16.2 Å². The van der Waals surface area contributed by atoms with E-state index in [1.807, 2.05) is 18.2 Å². The van der Waals surface area contributed by atoms with Crippen molar-refractivity contribution in [2.75, 3.05) is 0 Å². The third kappa shape index (κ3) is 4.10. The molecule has 0 saturated heterocycles. The summed E-state index contributed by atoms with van der Waals surface area (Å²) >= 11 is 1.45. The summed E-state index contributed by atoms with van der Waals surface area (Å²) in [5.74, 6) is 0.126. The van der Waals surface area contributed by atoms with Crippen LogP contribution in [0.2, 0.25) is 0 Å². The first-order chi connectivity index (χ1) is 13.0. The number of amides is 1. The summed E-state index contributed by atoms with van der Waals surface area (Å²) in [7, 11) is -3.78. The molecule has 1 fully saturated rings. The fourth-order valence-corrected chi connectivity index (χ4v) is 6.02. The number of benzene rings is 1. The van der Waals surface area contributed by atoms with Gasteiger partial charge >= 0.3 is 0 Å². The topological polar surface area (TPSA) is 75.3 Å². The molecule has 2 N–H and O–H groups in total. The lowest BCUT2D eigenvalue weighted by Crippen LogP contribution is -2.41. The molecule has 0 radical (unpaired) electrons. The molecule has 2 aromatic rings. The third-order valence-electron chi connectivity index (χ3n) is 5.54. The lowest BCUT2D eigenvalue weighted by molar-refractivity contribution is 0.0949. The average Bonchev–Trinajstić information content (AvgIpc) is 3.29. The molecule has 4 rings (SSSR count). The number of aryl methyl sites for hydroxylation is 2. The highest BCUT2D eigenvalue weighted by Gasteiger charge is 2.21. The van der Waals surface area contributed by atoms with E-state index >= 15 is 0 Å². The highest BCUT2D eigenvalue weighted by Crippen LogP contribution is 2.33. The smallest absolute Gasteiger partial charge is 0.273 e. The minimum Gasteiger partial charge on any atom is -0.273 e. The third-order valence-corrected chi connectivity index (χ3v) is 8.04. The highest BCUT2D eigenvalue weighted by atomic mass is 32.2. The number of nitrogens with one attached hydrogen (secondary N) is 2. The van der Waals surface area contributed by atoms with Crippen LogP contribution in [0.15, 0.2) is 35.2 Å². The van der Waals surface area contributed by atoms with Crippen molar-refractivity contribution in [1.82, 2.24) is 10.3 Å². The van der Waals surface area contributed by atoms with Crippen LogP contribution in [0.1, 0.15) is 70.1 Å². The Morgan fingerprint density at radius 2 is 1.74 bits per heavy atom. The molecular weight excluding hydrogens is 380 g/mol. The quantitative estimate of drug-likeness (QED) is 0.742. The summed E-state index contributed by atoms with van der Waals surface area (Å²) in [5.41, 5.74) is 4.75. The van der Waals surface area contributed by atoms with Crippen LogP contribution in [0.3, 0.4) is 0 Å². The summed E-state index contributed by atoms with van der Waals surface area (Å²) in [5, 5.41) is 0. The van der Waals surface area contributed by atoms with Gasteiger partial charge in [-0.2, -0.15) is 0 Å². The van der Waals surface area contributed by atoms with Crippen LogP contribution in [-0.4, -0.2) is 14.3 Å². The van der Waals surface area contributed by atoms with Gasteiger partial charge in [0.1, 0.15) is 0 Å². The van der Waals surface area contributed by atoms with E-state index in [2.05, 4.69) is 10.3 Å².